The number of benzene rings is 1. The molecule has 0 fully saturated rings. The zero-order valence-electron chi connectivity index (χ0n) is 8.42. The third kappa shape index (κ3) is 1.84. The number of aromatic nitrogens is 2. The van der Waals surface area contributed by atoms with Crippen LogP contribution in [0.5, 0.6) is 0 Å². The SMILES string of the molecule is Cc1c(F)cccc1-c1cc(Cl)n[nH]c1=O. The third-order valence-electron chi connectivity index (χ3n) is 2.33. The molecule has 1 heterocycles. The quantitative estimate of drug-likeness (QED) is 0.830. The molecule has 0 aliphatic heterocycles. The van der Waals surface area contributed by atoms with Gasteiger partial charge in [0.15, 0.2) is 0 Å². The minimum Gasteiger partial charge on any atom is -0.267 e. The normalized spacial score (nSPS) is 10.4. The molecule has 16 heavy (non-hydrogen) atoms. The molecule has 1 aromatic carbocycles. The van der Waals surface area contributed by atoms with E-state index in [2.05, 4.69) is 10.2 Å². The minimum atomic E-state index is -0.391. The van der Waals surface area contributed by atoms with Gasteiger partial charge in [-0.1, -0.05) is 23.7 Å². The zero-order chi connectivity index (χ0) is 11.7. The van der Waals surface area contributed by atoms with Gasteiger partial charge in [0.25, 0.3) is 5.56 Å². The van der Waals surface area contributed by atoms with E-state index in [1.807, 2.05) is 0 Å². The summed E-state index contributed by atoms with van der Waals surface area (Å²) in [6, 6.07) is 5.97. The van der Waals surface area contributed by atoms with Crippen LogP contribution in [0.2, 0.25) is 5.15 Å². The van der Waals surface area contributed by atoms with Crippen molar-refractivity contribution in [2.45, 2.75) is 6.92 Å². The lowest BCUT2D eigenvalue weighted by Gasteiger charge is -2.05. The van der Waals surface area contributed by atoms with Crippen LogP contribution in [-0.4, -0.2) is 10.2 Å². The first-order valence-electron chi connectivity index (χ1n) is 4.60. The Labute approximate surface area is 95.9 Å². The molecule has 0 amide bonds. The van der Waals surface area contributed by atoms with E-state index in [1.54, 1.807) is 19.1 Å². The highest BCUT2D eigenvalue weighted by Gasteiger charge is 2.10. The fraction of sp³-hybridized carbons (Fsp3) is 0.0909. The van der Waals surface area contributed by atoms with Crippen molar-refractivity contribution in [2.24, 2.45) is 0 Å². The Morgan fingerprint density at radius 3 is 2.88 bits per heavy atom. The molecule has 0 unspecified atom stereocenters. The Morgan fingerprint density at radius 2 is 2.12 bits per heavy atom. The highest BCUT2D eigenvalue weighted by molar-refractivity contribution is 6.29. The molecule has 0 aliphatic rings. The largest absolute Gasteiger partial charge is 0.272 e. The van der Waals surface area contributed by atoms with Crippen LogP contribution in [-0.2, 0) is 0 Å². The van der Waals surface area contributed by atoms with Crippen LogP contribution in [0.1, 0.15) is 5.56 Å². The molecular formula is C11H8ClFN2O. The summed E-state index contributed by atoms with van der Waals surface area (Å²) < 4.78 is 13.3. The van der Waals surface area contributed by atoms with E-state index in [4.69, 9.17) is 11.6 Å². The molecule has 2 rings (SSSR count). The summed E-state index contributed by atoms with van der Waals surface area (Å²) in [4.78, 5) is 11.5. The lowest BCUT2D eigenvalue weighted by Crippen LogP contribution is -2.11. The fourth-order valence-corrected chi connectivity index (χ4v) is 1.63. The molecule has 2 aromatic rings. The number of nitrogens with one attached hydrogen (secondary N) is 1. The van der Waals surface area contributed by atoms with Gasteiger partial charge in [-0.3, -0.25) is 4.79 Å². The molecule has 1 aromatic heterocycles. The van der Waals surface area contributed by atoms with E-state index in [0.29, 0.717) is 16.7 Å². The molecule has 1 N–H and O–H groups in total. The number of aromatic amines is 1. The van der Waals surface area contributed by atoms with E-state index in [0.717, 1.165) is 0 Å². The highest BCUT2D eigenvalue weighted by Crippen LogP contribution is 2.23. The van der Waals surface area contributed by atoms with Crippen molar-refractivity contribution >= 4 is 11.6 Å². The Bertz CT molecular complexity index is 595. The highest BCUT2D eigenvalue weighted by atomic mass is 35.5. The van der Waals surface area contributed by atoms with Crippen LogP contribution < -0.4 is 5.56 Å². The predicted octanol–water partition coefficient (Wildman–Crippen LogP) is 2.54. The maximum atomic E-state index is 13.3. The number of hydrogen-bond acceptors (Lipinski definition) is 2. The smallest absolute Gasteiger partial charge is 0.267 e. The first-order chi connectivity index (χ1) is 7.59. The van der Waals surface area contributed by atoms with E-state index in [9.17, 15) is 9.18 Å². The van der Waals surface area contributed by atoms with Crippen LogP contribution in [0.4, 0.5) is 4.39 Å². The van der Waals surface area contributed by atoms with E-state index >= 15 is 0 Å². The van der Waals surface area contributed by atoms with Crippen molar-refractivity contribution in [3.8, 4) is 11.1 Å². The number of rotatable bonds is 1. The molecule has 5 heteroatoms. The predicted molar refractivity (Wildman–Crippen MR) is 60.0 cm³/mol. The van der Waals surface area contributed by atoms with Gasteiger partial charge in [-0.2, -0.15) is 5.10 Å². The average Bonchev–Trinajstić information content (AvgIpc) is 2.26. The molecule has 82 valence electrons. The summed E-state index contributed by atoms with van der Waals surface area (Å²) in [7, 11) is 0. The third-order valence-corrected chi connectivity index (χ3v) is 2.52. The molecule has 0 spiro atoms. The second kappa shape index (κ2) is 4.06. The Morgan fingerprint density at radius 1 is 1.38 bits per heavy atom. The van der Waals surface area contributed by atoms with Gasteiger partial charge >= 0.3 is 0 Å². The Hall–Kier alpha value is -1.68. The summed E-state index contributed by atoms with van der Waals surface area (Å²) in [5.41, 5.74) is 0.857. The number of halogens is 2. The van der Waals surface area contributed by atoms with E-state index in [-0.39, 0.29) is 11.0 Å². The zero-order valence-corrected chi connectivity index (χ0v) is 9.18. The molecule has 0 saturated carbocycles. The van der Waals surface area contributed by atoms with Gasteiger partial charge < -0.3 is 0 Å². The first-order valence-corrected chi connectivity index (χ1v) is 4.98. The maximum absolute atomic E-state index is 13.3. The van der Waals surface area contributed by atoms with Gasteiger partial charge in [0.1, 0.15) is 11.0 Å². The van der Waals surface area contributed by atoms with Gasteiger partial charge in [-0.05, 0) is 30.2 Å². The summed E-state index contributed by atoms with van der Waals surface area (Å²) >= 11 is 5.68. The second-order valence-corrected chi connectivity index (χ2v) is 3.73. The second-order valence-electron chi connectivity index (χ2n) is 3.35. The molecule has 0 aliphatic carbocycles. The van der Waals surface area contributed by atoms with Crippen LogP contribution in [0.15, 0.2) is 29.1 Å². The van der Waals surface area contributed by atoms with Gasteiger partial charge in [-0.25, -0.2) is 9.49 Å². The first kappa shape index (κ1) is 10.8. The number of hydrogen-bond donors (Lipinski definition) is 1. The summed E-state index contributed by atoms with van der Waals surface area (Å²) in [5, 5.41) is 5.97. The lowest BCUT2D eigenvalue weighted by molar-refractivity contribution is 0.619. The van der Waals surface area contributed by atoms with Gasteiger partial charge in [0, 0.05) is 0 Å². The van der Waals surface area contributed by atoms with E-state index in [1.165, 1.54) is 12.1 Å². The summed E-state index contributed by atoms with van der Waals surface area (Å²) in [6.07, 6.45) is 0. The van der Waals surface area contributed by atoms with Gasteiger partial charge in [0.05, 0.1) is 5.56 Å². The Kier molecular flexibility index (Phi) is 2.75. The molecule has 0 bridgehead atoms. The molecule has 3 nitrogen and oxygen atoms in total. The lowest BCUT2D eigenvalue weighted by atomic mass is 10.0. The van der Waals surface area contributed by atoms with Crippen LogP contribution >= 0.6 is 11.6 Å². The number of H-pyrrole nitrogens is 1. The summed E-state index contributed by atoms with van der Waals surface area (Å²) in [5.74, 6) is -0.357. The standard InChI is InChI=1S/C11H8ClFN2O/c1-6-7(3-2-4-9(6)13)8-5-10(12)14-15-11(8)16/h2-5H,1H3,(H,15,16). The van der Waals surface area contributed by atoms with Gasteiger partial charge in [-0.15, -0.1) is 0 Å². The van der Waals surface area contributed by atoms with Crippen molar-refractivity contribution in [3.63, 3.8) is 0 Å². The van der Waals surface area contributed by atoms with Gasteiger partial charge in [0.2, 0.25) is 0 Å². The topological polar surface area (TPSA) is 45.8 Å². The monoisotopic (exact) mass is 238 g/mol. The maximum Gasteiger partial charge on any atom is 0.272 e. The molecular weight excluding hydrogens is 231 g/mol. The molecule has 0 radical (unpaired) electrons. The molecule has 0 saturated heterocycles. The number of nitrogens with zero attached hydrogens (tertiary/aromatic N) is 1. The summed E-state index contributed by atoms with van der Waals surface area (Å²) in [6.45, 7) is 1.61. The van der Waals surface area contributed by atoms with Crippen LogP contribution in [0.3, 0.4) is 0 Å². The van der Waals surface area contributed by atoms with Crippen LogP contribution in [0.25, 0.3) is 11.1 Å². The van der Waals surface area contributed by atoms with Crippen molar-refractivity contribution in [3.05, 3.63) is 51.2 Å². The minimum absolute atomic E-state index is 0.165. The van der Waals surface area contributed by atoms with Crippen molar-refractivity contribution in [1.82, 2.24) is 10.2 Å². The fourth-order valence-electron chi connectivity index (χ4n) is 1.48. The average molecular weight is 239 g/mol. The Balaban J connectivity index is 2.72. The van der Waals surface area contributed by atoms with Crippen molar-refractivity contribution < 1.29 is 4.39 Å². The molecule has 0 atom stereocenters. The van der Waals surface area contributed by atoms with E-state index < -0.39 is 5.56 Å². The van der Waals surface area contributed by atoms with Crippen molar-refractivity contribution in [2.75, 3.05) is 0 Å². The van der Waals surface area contributed by atoms with Crippen molar-refractivity contribution in [1.29, 1.82) is 0 Å². The van der Waals surface area contributed by atoms with Crippen LogP contribution in [0, 0.1) is 12.7 Å².